The molecule has 7 heteroatoms. The number of aromatic nitrogens is 2. The first-order chi connectivity index (χ1) is 17.8. The lowest BCUT2D eigenvalue weighted by Gasteiger charge is -2.28. The molecule has 2 aromatic heterocycles. The van der Waals surface area contributed by atoms with Crippen LogP contribution in [0.15, 0.2) is 72.9 Å². The third kappa shape index (κ3) is 4.40. The lowest BCUT2D eigenvalue weighted by atomic mass is 9.96. The van der Waals surface area contributed by atoms with Gasteiger partial charge in [-0.1, -0.05) is 12.1 Å². The second kappa shape index (κ2) is 9.82. The first-order valence-corrected chi connectivity index (χ1v) is 12.7. The maximum absolute atomic E-state index is 11.9. The van der Waals surface area contributed by atoms with Gasteiger partial charge in [0.25, 0.3) is 0 Å². The van der Waals surface area contributed by atoms with Crippen molar-refractivity contribution in [2.75, 3.05) is 12.0 Å². The molecule has 4 aromatic rings. The fraction of sp³-hybridized carbons (Fsp3) is 0.233. The lowest BCUT2D eigenvalue weighted by Crippen LogP contribution is -2.29. The Hall–Kier alpha value is -3.97. The molecule has 1 saturated heterocycles. The Morgan fingerprint density at radius 2 is 1.68 bits per heavy atom. The Kier molecular flexibility index (Phi) is 6.56. The van der Waals surface area contributed by atoms with E-state index >= 15 is 0 Å². The predicted octanol–water partition coefficient (Wildman–Crippen LogP) is 6.07. The average Bonchev–Trinajstić information content (AvgIpc) is 3.40. The van der Waals surface area contributed by atoms with Crippen molar-refractivity contribution in [1.82, 2.24) is 14.9 Å². The first kappa shape index (κ1) is 24.7. The molecule has 1 aliphatic rings. The number of carbonyl (C=O) groups excluding carboxylic acids is 1. The molecule has 3 heterocycles. The molecule has 5 rings (SSSR count). The number of nitrogens with one attached hydrogen (secondary N) is 1. The van der Waals surface area contributed by atoms with Crippen molar-refractivity contribution < 1.29 is 9.53 Å². The number of benzene rings is 2. The number of pyridine rings is 1. The van der Waals surface area contributed by atoms with Crippen LogP contribution in [-0.2, 0) is 4.74 Å². The van der Waals surface area contributed by atoms with Crippen molar-refractivity contribution in [2.45, 2.75) is 39.8 Å². The van der Waals surface area contributed by atoms with E-state index in [4.69, 9.17) is 17.0 Å². The molecule has 0 aliphatic carbocycles. The fourth-order valence-corrected chi connectivity index (χ4v) is 5.52. The molecular formula is C30H30N4O2S. The summed E-state index contributed by atoms with van der Waals surface area (Å²) in [4.78, 5) is 18.8. The number of aryl methyl sites for hydroxylation is 3. The molecule has 0 saturated carbocycles. The first-order valence-electron chi connectivity index (χ1n) is 12.3. The monoisotopic (exact) mass is 510 g/mol. The van der Waals surface area contributed by atoms with Crippen LogP contribution in [0.3, 0.4) is 0 Å². The van der Waals surface area contributed by atoms with Crippen molar-refractivity contribution in [1.29, 1.82) is 0 Å². The van der Waals surface area contributed by atoms with Gasteiger partial charge in [-0.15, -0.1) is 0 Å². The van der Waals surface area contributed by atoms with Gasteiger partial charge in [0.05, 0.1) is 30.5 Å². The summed E-state index contributed by atoms with van der Waals surface area (Å²) in [7, 11) is 1.39. The summed E-state index contributed by atoms with van der Waals surface area (Å²) in [5.41, 5.74) is 9.32. The standard InChI is InChI=1S/C30H30N4O2S/c1-18-9-12-24(16-19(18)2)34-28(27(32-30(34)37)26-8-6-7-15-31-26)25-17-20(3)33(21(25)4)23-13-10-22(11-14-23)29(35)36-5/h6-17,27-28H,1-5H3,(H,32,37)/t27-,28+/m0/s1. The highest BCUT2D eigenvalue weighted by atomic mass is 32.1. The third-order valence-corrected chi connectivity index (χ3v) is 7.52. The highest BCUT2D eigenvalue weighted by Crippen LogP contribution is 2.44. The van der Waals surface area contributed by atoms with Crippen LogP contribution in [0.4, 0.5) is 5.69 Å². The molecule has 1 N–H and O–H groups in total. The number of anilines is 1. The number of hydrogen-bond acceptors (Lipinski definition) is 4. The third-order valence-electron chi connectivity index (χ3n) is 7.20. The molecule has 1 aliphatic heterocycles. The molecule has 0 amide bonds. The van der Waals surface area contributed by atoms with Gasteiger partial charge in [-0.3, -0.25) is 4.98 Å². The second-order valence-corrected chi connectivity index (χ2v) is 9.85. The highest BCUT2D eigenvalue weighted by Gasteiger charge is 2.42. The fourth-order valence-electron chi connectivity index (χ4n) is 5.17. The topological polar surface area (TPSA) is 59.4 Å². The van der Waals surface area contributed by atoms with Crippen molar-refractivity contribution in [3.05, 3.63) is 112 Å². The molecule has 0 radical (unpaired) electrons. The maximum Gasteiger partial charge on any atom is 0.337 e. The zero-order chi connectivity index (χ0) is 26.3. The molecule has 188 valence electrons. The van der Waals surface area contributed by atoms with Crippen LogP contribution in [0.5, 0.6) is 0 Å². The van der Waals surface area contributed by atoms with E-state index in [2.05, 4.69) is 71.7 Å². The van der Waals surface area contributed by atoms with Crippen molar-refractivity contribution in [3.8, 4) is 5.69 Å². The van der Waals surface area contributed by atoms with Gasteiger partial charge in [-0.2, -0.15) is 0 Å². The Morgan fingerprint density at radius 3 is 2.32 bits per heavy atom. The number of thiocarbonyl (C=S) groups is 1. The minimum Gasteiger partial charge on any atom is -0.465 e. The van der Waals surface area contributed by atoms with E-state index in [0.29, 0.717) is 10.7 Å². The molecule has 0 bridgehead atoms. The van der Waals surface area contributed by atoms with Crippen LogP contribution in [0.25, 0.3) is 5.69 Å². The summed E-state index contributed by atoms with van der Waals surface area (Å²) >= 11 is 5.92. The van der Waals surface area contributed by atoms with E-state index in [1.807, 2.05) is 36.5 Å². The highest BCUT2D eigenvalue weighted by molar-refractivity contribution is 7.80. The smallest absolute Gasteiger partial charge is 0.337 e. The zero-order valence-electron chi connectivity index (χ0n) is 21.6. The number of carbonyl (C=O) groups is 1. The summed E-state index contributed by atoms with van der Waals surface area (Å²) in [5, 5.41) is 4.23. The average molecular weight is 511 g/mol. The van der Waals surface area contributed by atoms with Crippen molar-refractivity contribution >= 4 is 29.0 Å². The van der Waals surface area contributed by atoms with Crippen LogP contribution in [0.1, 0.15) is 56.2 Å². The molecule has 2 atom stereocenters. The van der Waals surface area contributed by atoms with E-state index in [0.717, 1.165) is 34.0 Å². The number of nitrogens with zero attached hydrogens (tertiary/aromatic N) is 3. The predicted molar refractivity (Wildman–Crippen MR) is 150 cm³/mol. The quantitative estimate of drug-likeness (QED) is 0.260. The van der Waals surface area contributed by atoms with E-state index < -0.39 is 0 Å². The van der Waals surface area contributed by atoms with E-state index in [1.54, 1.807) is 12.1 Å². The van der Waals surface area contributed by atoms with Crippen LogP contribution in [0.2, 0.25) is 0 Å². The largest absolute Gasteiger partial charge is 0.465 e. The van der Waals surface area contributed by atoms with Gasteiger partial charge >= 0.3 is 5.97 Å². The van der Waals surface area contributed by atoms with E-state index in [9.17, 15) is 4.79 Å². The molecule has 37 heavy (non-hydrogen) atoms. The summed E-state index contributed by atoms with van der Waals surface area (Å²) < 4.78 is 7.07. The molecule has 0 unspecified atom stereocenters. The van der Waals surface area contributed by atoms with Gasteiger partial charge in [0, 0.05) is 29.0 Å². The lowest BCUT2D eigenvalue weighted by molar-refractivity contribution is 0.0600. The van der Waals surface area contributed by atoms with Gasteiger partial charge in [-0.25, -0.2) is 4.79 Å². The number of hydrogen-bond donors (Lipinski definition) is 1. The molecule has 2 aromatic carbocycles. The van der Waals surface area contributed by atoms with Gasteiger partial charge in [-0.05, 0) is 111 Å². The maximum atomic E-state index is 11.9. The van der Waals surface area contributed by atoms with Gasteiger partial charge in [0.1, 0.15) is 0 Å². The number of rotatable bonds is 5. The second-order valence-electron chi connectivity index (χ2n) is 9.47. The Bertz CT molecular complexity index is 1480. The van der Waals surface area contributed by atoms with Crippen LogP contribution < -0.4 is 10.2 Å². The Morgan fingerprint density at radius 1 is 0.946 bits per heavy atom. The van der Waals surface area contributed by atoms with Gasteiger partial charge in [0.15, 0.2) is 5.11 Å². The van der Waals surface area contributed by atoms with Crippen LogP contribution >= 0.6 is 12.2 Å². The number of esters is 1. The summed E-state index contributed by atoms with van der Waals surface area (Å²) in [6, 6.07) is 22.0. The summed E-state index contributed by atoms with van der Waals surface area (Å²) in [6.45, 7) is 8.47. The van der Waals surface area contributed by atoms with Crippen LogP contribution in [0, 0.1) is 27.7 Å². The summed E-state index contributed by atoms with van der Waals surface area (Å²) in [6.07, 6.45) is 1.82. The SMILES string of the molecule is COC(=O)c1ccc(-n2c(C)cc([C@@H]3[C@H](c4ccccn4)NC(=S)N3c3ccc(C)c(C)c3)c2C)cc1. The zero-order valence-corrected chi connectivity index (χ0v) is 22.5. The normalized spacial score (nSPS) is 17.1. The Labute approximate surface area is 222 Å². The molecule has 1 fully saturated rings. The van der Waals surface area contributed by atoms with Gasteiger partial charge in [0.2, 0.25) is 0 Å². The van der Waals surface area contributed by atoms with Crippen molar-refractivity contribution in [3.63, 3.8) is 0 Å². The number of methoxy groups -OCH3 is 1. The molecule has 6 nitrogen and oxygen atoms in total. The van der Waals surface area contributed by atoms with Gasteiger partial charge < -0.3 is 19.5 Å². The number of ether oxygens (including phenoxy) is 1. The molecular weight excluding hydrogens is 480 g/mol. The minimum atomic E-state index is -0.346. The van der Waals surface area contributed by atoms with Crippen molar-refractivity contribution in [2.24, 2.45) is 0 Å². The Balaban J connectivity index is 1.64. The minimum absolute atomic E-state index is 0.0983. The van der Waals surface area contributed by atoms with E-state index in [-0.39, 0.29) is 18.1 Å². The molecule has 0 spiro atoms. The van der Waals surface area contributed by atoms with E-state index in [1.165, 1.54) is 18.2 Å². The summed E-state index contributed by atoms with van der Waals surface area (Å²) in [5.74, 6) is -0.346. The van der Waals surface area contributed by atoms with Crippen LogP contribution in [-0.4, -0.2) is 27.7 Å².